The summed E-state index contributed by atoms with van der Waals surface area (Å²) in [4.78, 5) is 2.49. The normalized spacial score (nSPS) is 24.0. The molecule has 0 aliphatic heterocycles. The molecule has 1 fully saturated rings. The van der Waals surface area contributed by atoms with Crippen molar-refractivity contribution >= 4 is 0 Å². The quantitative estimate of drug-likeness (QED) is 0.605. The maximum absolute atomic E-state index is 9.27. The zero-order valence-electron chi connectivity index (χ0n) is 13.7. The van der Waals surface area contributed by atoms with E-state index in [1.54, 1.807) is 0 Å². The van der Waals surface area contributed by atoms with Crippen molar-refractivity contribution in [3.63, 3.8) is 0 Å². The van der Waals surface area contributed by atoms with Gasteiger partial charge >= 0.3 is 0 Å². The first-order valence-electron chi connectivity index (χ1n) is 8.88. The summed E-state index contributed by atoms with van der Waals surface area (Å²) < 4.78 is 0. The van der Waals surface area contributed by atoms with E-state index in [1.165, 1.54) is 57.9 Å². The number of nitrogens with one attached hydrogen (secondary N) is 1. The molecule has 2 atom stereocenters. The Kier molecular flexibility index (Phi) is 10.3. The topological polar surface area (TPSA) is 35.5 Å². The van der Waals surface area contributed by atoms with Crippen LogP contribution in [0.4, 0.5) is 0 Å². The first-order valence-corrected chi connectivity index (χ1v) is 8.88. The van der Waals surface area contributed by atoms with Gasteiger partial charge in [-0.25, -0.2) is 0 Å². The largest absolute Gasteiger partial charge is 0.395 e. The summed E-state index contributed by atoms with van der Waals surface area (Å²) in [5.41, 5.74) is 0. The molecule has 0 bridgehead atoms. The molecule has 0 amide bonds. The van der Waals surface area contributed by atoms with E-state index in [1.807, 2.05) is 0 Å². The molecule has 20 heavy (non-hydrogen) atoms. The number of nitrogens with zero attached hydrogens (tertiary/aromatic N) is 1. The lowest BCUT2D eigenvalue weighted by Crippen LogP contribution is -2.43. The zero-order chi connectivity index (χ0) is 14.6. The number of aliphatic hydroxyl groups excluding tert-OH is 1. The molecule has 1 aliphatic rings. The lowest BCUT2D eigenvalue weighted by atomic mass is 9.93. The smallest absolute Gasteiger partial charge is 0.0558 e. The van der Waals surface area contributed by atoms with Crippen LogP contribution in [0.3, 0.4) is 0 Å². The highest BCUT2D eigenvalue weighted by atomic mass is 16.3. The molecule has 1 rings (SSSR count). The van der Waals surface area contributed by atoms with Gasteiger partial charge < -0.3 is 15.3 Å². The molecule has 1 aliphatic carbocycles. The minimum atomic E-state index is 0.295. The molecule has 120 valence electrons. The van der Waals surface area contributed by atoms with Gasteiger partial charge in [0, 0.05) is 19.1 Å². The van der Waals surface area contributed by atoms with Crippen molar-refractivity contribution in [2.24, 2.45) is 5.92 Å². The average molecular weight is 284 g/mol. The van der Waals surface area contributed by atoms with Crippen LogP contribution in [0.15, 0.2) is 0 Å². The van der Waals surface area contributed by atoms with E-state index in [2.05, 4.69) is 24.1 Å². The molecule has 3 heteroatoms. The van der Waals surface area contributed by atoms with E-state index < -0.39 is 0 Å². The van der Waals surface area contributed by atoms with E-state index >= 15 is 0 Å². The molecule has 0 aromatic heterocycles. The molecule has 0 aromatic carbocycles. The predicted molar refractivity (Wildman–Crippen MR) is 87.1 cm³/mol. The van der Waals surface area contributed by atoms with Crippen LogP contribution in [0.2, 0.25) is 0 Å². The summed E-state index contributed by atoms with van der Waals surface area (Å²) in [5.74, 6) is 0.771. The summed E-state index contributed by atoms with van der Waals surface area (Å²) in [5, 5.41) is 13.0. The summed E-state index contributed by atoms with van der Waals surface area (Å²) >= 11 is 0. The molecule has 2 N–H and O–H groups in total. The van der Waals surface area contributed by atoms with E-state index in [0.29, 0.717) is 12.6 Å². The second kappa shape index (κ2) is 11.5. The monoisotopic (exact) mass is 284 g/mol. The van der Waals surface area contributed by atoms with Crippen LogP contribution in [-0.2, 0) is 0 Å². The van der Waals surface area contributed by atoms with Gasteiger partial charge in [-0.1, -0.05) is 39.5 Å². The Hall–Kier alpha value is -0.120. The first-order chi connectivity index (χ1) is 9.81. The third-order valence-electron chi connectivity index (χ3n) is 4.55. The Morgan fingerprint density at radius 3 is 2.55 bits per heavy atom. The second-order valence-electron chi connectivity index (χ2n) is 6.34. The summed E-state index contributed by atoms with van der Waals surface area (Å²) in [7, 11) is 0. The number of hydrogen-bond donors (Lipinski definition) is 2. The van der Waals surface area contributed by atoms with Crippen LogP contribution >= 0.6 is 0 Å². The third-order valence-corrected chi connectivity index (χ3v) is 4.55. The lowest BCUT2D eigenvalue weighted by molar-refractivity contribution is 0.155. The summed E-state index contributed by atoms with van der Waals surface area (Å²) in [6.07, 6.45) is 10.6. The van der Waals surface area contributed by atoms with E-state index in [0.717, 1.165) is 25.6 Å². The maximum Gasteiger partial charge on any atom is 0.0558 e. The lowest BCUT2D eigenvalue weighted by Gasteiger charge is -2.32. The van der Waals surface area contributed by atoms with E-state index in [9.17, 15) is 5.11 Å². The SMILES string of the molecule is CCCCN(CCO)CC1CCCCCC1NCCC. The molecule has 3 nitrogen and oxygen atoms in total. The van der Waals surface area contributed by atoms with Crippen LogP contribution in [0, 0.1) is 5.92 Å². The average Bonchev–Trinajstić information content (AvgIpc) is 2.68. The molecule has 1 saturated carbocycles. The first kappa shape index (κ1) is 17.9. The number of rotatable bonds is 10. The highest BCUT2D eigenvalue weighted by molar-refractivity contribution is 4.82. The number of hydrogen-bond acceptors (Lipinski definition) is 3. The Balaban J connectivity index is 2.51. The Morgan fingerprint density at radius 2 is 1.85 bits per heavy atom. The van der Waals surface area contributed by atoms with Gasteiger partial charge in [-0.2, -0.15) is 0 Å². The summed E-state index contributed by atoms with van der Waals surface area (Å²) in [6.45, 7) is 9.10. The maximum atomic E-state index is 9.27. The van der Waals surface area contributed by atoms with Crippen molar-refractivity contribution in [3.05, 3.63) is 0 Å². The van der Waals surface area contributed by atoms with Crippen molar-refractivity contribution in [1.29, 1.82) is 0 Å². The fourth-order valence-corrected chi connectivity index (χ4v) is 3.35. The van der Waals surface area contributed by atoms with E-state index in [-0.39, 0.29) is 0 Å². The molecular weight excluding hydrogens is 248 g/mol. The Morgan fingerprint density at radius 1 is 1.05 bits per heavy atom. The number of aliphatic hydroxyl groups is 1. The Labute approximate surface area is 126 Å². The van der Waals surface area contributed by atoms with Crippen molar-refractivity contribution in [2.75, 3.05) is 32.8 Å². The van der Waals surface area contributed by atoms with Crippen LogP contribution in [0.5, 0.6) is 0 Å². The van der Waals surface area contributed by atoms with Crippen molar-refractivity contribution in [3.8, 4) is 0 Å². The van der Waals surface area contributed by atoms with Crippen molar-refractivity contribution in [2.45, 2.75) is 71.3 Å². The van der Waals surface area contributed by atoms with Gasteiger partial charge in [-0.05, 0) is 44.7 Å². The highest BCUT2D eigenvalue weighted by Crippen LogP contribution is 2.24. The molecule has 0 radical (unpaired) electrons. The zero-order valence-corrected chi connectivity index (χ0v) is 13.7. The number of unbranched alkanes of at least 4 members (excludes halogenated alkanes) is 1. The molecule has 2 unspecified atom stereocenters. The van der Waals surface area contributed by atoms with Gasteiger partial charge in [-0.3, -0.25) is 0 Å². The highest BCUT2D eigenvalue weighted by Gasteiger charge is 2.24. The standard InChI is InChI=1S/C17H36N2O/c1-3-5-12-19(13-14-20)15-16-9-7-6-8-10-17(16)18-11-4-2/h16-18,20H,3-15H2,1-2H3. The predicted octanol–water partition coefficient (Wildman–Crippen LogP) is 3.03. The van der Waals surface area contributed by atoms with Crippen LogP contribution in [0.25, 0.3) is 0 Å². The fourth-order valence-electron chi connectivity index (χ4n) is 3.35. The van der Waals surface area contributed by atoms with Gasteiger partial charge in [0.25, 0.3) is 0 Å². The summed E-state index contributed by atoms with van der Waals surface area (Å²) in [6, 6.07) is 0.695. The minimum Gasteiger partial charge on any atom is -0.395 e. The molecular formula is C17H36N2O. The van der Waals surface area contributed by atoms with Crippen LogP contribution in [0.1, 0.15) is 65.2 Å². The van der Waals surface area contributed by atoms with Crippen LogP contribution in [-0.4, -0.2) is 48.8 Å². The Bertz CT molecular complexity index is 223. The molecule has 0 saturated heterocycles. The van der Waals surface area contributed by atoms with Crippen LogP contribution < -0.4 is 5.32 Å². The van der Waals surface area contributed by atoms with Crippen molar-refractivity contribution < 1.29 is 5.11 Å². The van der Waals surface area contributed by atoms with Gasteiger partial charge in [0.05, 0.1) is 6.61 Å². The van der Waals surface area contributed by atoms with Gasteiger partial charge in [-0.15, -0.1) is 0 Å². The minimum absolute atomic E-state index is 0.295. The van der Waals surface area contributed by atoms with Crippen molar-refractivity contribution in [1.82, 2.24) is 10.2 Å². The van der Waals surface area contributed by atoms with E-state index in [4.69, 9.17) is 0 Å². The molecule has 0 spiro atoms. The van der Waals surface area contributed by atoms with Gasteiger partial charge in [0.1, 0.15) is 0 Å². The van der Waals surface area contributed by atoms with Gasteiger partial charge in [0.2, 0.25) is 0 Å². The van der Waals surface area contributed by atoms with Gasteiger partial charge in [0.15, 0.2) is 0 Å². The molecule has 0 aromatic rings. The third kappa shape index (κ3) is 7.05. The second-order valence-corrected chi connectivity index (χ2v) is 6.34. The fraction of sp³-hybridized carbons (Fsp3) is 1.00. The molecule has 0 heterocycles.